The lowest BCUT2D eigenvalue weighted by atomic mass is 10.1. The molecule has 1 N–H and O–H groups in total. The largest absolute Gasteiger partial charge is 0.469 e. The van der Waals surface area contributed by atoms with Gasteiger partial charge in [-0.15, -0.1) is 0 Å². The number of nitrogens with zero attached hydrogens (tertiary/aromatic N) is 1. The molecule has 0 saturated carbocycles. The highest BCUT2D eigenvalue weighted by Crippen LogP contribution is 2.11. The van der Waals surface area contributed by atoms with E-state index in [2.05, 4.69) is 0 Å². The number of carbonyl (C=O) groups excluding carboxylic acids is 2. The maximum Gasteiger partial charge on any atom is 0.310 e. The summed E-state index contributed by atoms with van der Waals surface area (Å²) in [4.78, 5) is 25.6. The van der Waals surface area contributed by atoms with Gasteiger partial charge >= 0.3 is 5.97 Å². The molecule has 2 unspecified atom stereocenters. The normalized spacial score (nSPS) is 13.6. The molecular weight excluding hydrogens is 294 g/mol. The summed E-state index contributed by atoms with van der Waals surface area (Å²) in [6.45, 7) is 3.67. The molecule has 0 radical (unpaired) electrons. The van der Waals surface area contributed by atoms with E-state index in [4.69, 9.17) is 4.74 Å². The molecule has 23 heavy (non-hydrogen) atoms. The highest BCUT2D eigenvalue weighted by Gasteiger charge is 2.25. The molecule has 0 saturated heterocycles. The van der Waals surface area contributed by atoms with Gasteiger partial charge in [-0.25, -0.2) is 0 Å². The third-order valence-electron chi connectivity index (χ3n) is 3.70. The predicted molar refractivity (Wildman–Crippen MR) is 89.5 cm³/mol. The second kappa shape index (κ2) is 9.79. The lowest BCUT2D eigenvalue weighted by Crippen LogP contribution is -2.45. The molecule has 0 aliphatic rings. The molecule has 0 aliphatic heterocycles. The monoisotopic (exact) mass is 319 g/mol. The fourth-order valence-electron chi connectivity index (χ4n) is 2.27. The zero-order valence-corrected chi connectivity index (χ0v) is 13.9. The number of ether oxygens (including phenoxy) is 1. The van der Waals surface area contributed by atoms with Crippen molar-refractivity contribution in [3.8, 4) is 0 Å². The zero-order valence-electron chi connectivity index (χ0n) is 13.9. The molecule has 2 atom stereocenters. The van der Waals surface area contributed by atoms with Gasteiger partial charge in [-0.1, -0.05) is 44.2 Å². The minimum Gasteiger partial charge on any atom is -0.469 e. The summed E-state index contributed by atoms with van der Waals surface area (Å²) >= 11 is 0. The van der Waals surface area contributed by atoms with Crippen molar-refractivity contribution in [1.29, 1.82) is 0 Å². The number of amides is 1. The zero-order chi connectivity index (χ0) is 17.2. The van der Waals surface area contributed by atoms with E-state index in [9.17, 15) is 14.7 Å². The number of benzene rings is 1. The Bertz CT molecular complexity index is 523. The lowest BCUT2D eigenvalue weighted by Gasteiger charge is -2.30. The average Bonchev–Trinajstić information content (AvgIpc) is 2.59. The fourth-order valence-corrected chi connectivity index (χ4v) is 2.27. The van der Waals surface area contributed by atoms with Gasteiger partial charge in [0.05, 0.1) is 25.7 Å². The molecule has 5 nitrogen and oxygen atoms in total. The van der Waals surface area contributed by atoms with E-state index in [0.29, 0.717) is 6.42 Å². The molecule has 1 rings (SSSR count). The Balaban J connectivity index is 2.88. The van der Waals surface area contributed by atoms with Crippen LogP contribution in [-0.4, -0.2) is 48.2 Å². The molecule has 0 spiro atoms. The van der Waals surface area contributed by atoms with Crippen molar-refractivity contribution < 1.29 is 19.4 Å². The van der Waals surface area contributed by atoms with Gasteiger partial charge in [0.2, 0.25) is 5.91 Å². The van der Waals surface area contributed by atoms with Gasteiger partial charge in [-0.05, 0) is 18.1 Å². The van der Waals surface area contributed by atoms with Gasteiger partial charge in [0.15, 0.2) is 0 Å². The molecule has 0 bridgehead atoms. The summed E-state index contributed by atoms with van der Waals surface area (Å²) in [6, 6.07) is 9.16. The van der Waals surface area contributed by atoms with Gasteiger partial charge in [0.1, 0.15) is 0 Å². The molecule has 0 fully saturated rings. The second-order valence-corrected chi connectivity index (χ2v) is 5.40. The molecule has 1 amide bonds. The first-order chi connectivity index (χ1) is 11.0. The summed E-state index contributed by atoms with van der Waals surface area (Å²) in [5, 5.41) is 9.51. The van der Waals surface area contributed by atoms with Gasteiger partial charge in [0.25, 0.3) is 0 Å². The Kier molecular flexibility index (Phi) is 8.05. The highest BCUT2D eigenvalue weighted by atomic mass is 16.5. The fraction of sp³-hybridized carbons (Fsp3) is 0.444. The van der Waals surface area contributed by atoms with Crippen LogP contribution in [0.1, 0.15) is 25.8 Å². The minimum absolute atomic E-state index is 0.144. The van der Waals surface area contributed by atoms with Crippen molar-refractivity contribution in [3.05, 3.63) is 42.0 Å². The van der Waals surface area contributed by atoms with Crippen LogP contribution in [0.4, 0.5) is 0 Å². The van der Waals surface area contributed by atoms with Crippen LogP contribution in [0.15, 0.2) is 36.4 Å². The number of esters is 1. The predicted octanol–water partition coefficient (Wildman–Crippen LogP) is 2.11. The number of hydrogen-bond donors (Lipinski definition) is 1. The van der Waals surface area contributed by atoms with E-state index in [1.807, 2.05) is 37.3 Å². The second-order valence-electron chi connectivity index (χ2n) is 5.40. The van der Waals surface area contributed by atoms with Crippen LogP contribution in [0.5, 0.6) is 0 Å². The molecule has 0 heterocycles. The Hall–Kier alpha value is -2.14. The van der Waals surface area contributed by atoms with Crippen LogP contribution in [-0.2, 0) is 14.3 Å². The first-order valence-electron chi connectivity index (χ1n) is 7.75. The van der Waals surface area contributed by atoms with E-state index in [-0.39, 0.29) is 31.1 Å². The van der Waals surface area contributed by atoms with E-state index in [1.54, 1.807) is 13.0 Å². The lowest BCUT2D eigenvalue weighted by molar-refractivity contribution is -0.146. The number of aliphatic hydroxyl groups is 1. The van der Waals surface area contributed by atoms with Crippen molar-refractivity contribution in [1.82, 2.24) is 4.90 Å². The van der Waals surface area contributed by atoms with Crippen molar-refractivity contribution in [3.63, 3.8) is 0 Å². The van der Waals surface area contributed by atoms with Crippen molar-refractivity contribution in [2.24, 2.45) is 5.92 Å². The third kappa shape index (κ3) is 5.87. The van der Waals surface area contributed by atoms with Crippen molar-refractivity contribution in [2.45, 2.75) is 26.3 Å². The first kappa shape index (κ1) is 18.9. The summed E-state index contributed by atoms with van der Waals surface area (Å²) in [5.74, 6) is -1.05. The quantitative estimate of drug-likeness (QED) is 0.589. The van der Waals surface area contributed by atoms with Crippen LogP contribution in [0, 0.1) is 5.92 Å². The standard InChI is InChI=1S/C18H25NO4/c1-4-16(13-20)19(12-14(2)18(22)23-3)17(21)11-10-15-8-6-5-7-9-15/h5-11,14,16,20H,4,12-13H2,1-3H3/b11-10+. The third-order valence-corrected chi connectivity index (χ3v) is 3.70. The van der Waals surface area contributed by atoms with E-state index in [0.717, 1.165) is 5.56 Å². The summed E-state index contributed by atoms with van der Waals surface area (Å²) in [5.41, 5.74) is 0.916. The van der Waals surface area contributed by atoms with Crippen LogP contribution in [0.3, 0.4) is 0 Å². The summed E-state index contributed by atoms with van der Waals surface area (Å²) < 4.78 is 4.71. The molecular formula is C18H25NO4. The molecule has 0 aromatic heterocycles. The molecule has 126 valence electrons. The Morgan fingerprint density at radius 2 is 1.96 bits per heavy atom. The number of hydrogen-bond acceptors (Lipinski definition) is 4. The summed E-state index contributed by atoms with van der Waals surface area (Å²) in [6.07, 6.45) is 3.80. The average molecular weight is 319 g/mol. The number of methoxy groups -OCH3 is 1. The molecule has 0 aliphatic carbocycles. The van der Waals surface area contributed by atoms with E-state index >= 15 is 0 Å². The van der Waals surface area contributed by atoms with E-state index < -0.39 is 5.92 Å². The van der Waals surface area contributed by atoms with Gasteiger partial charge in [0, 0.05) is 12.6 Å². The smallest absolute Gasteiger partial charge is 0.310 e. The first-order valence-corrected chi connectivity index (χ1v) is 7.75. The SMILES string of the molecule is CCC(CO)N(CC(C)C(=O)OC)C(=O)/C=C/c1ccccc1. The Labute approximate surface area is 137 Å². The van der Waals surface area contributed by atoms with Crippen LogP contribution < -0.4 is 0 Å². The van der Waals surface area contributed by atoms with Gasteiger partial charge in [-0.2, -0.15) is 0 Å². The highest BCUT2D eigenvalue weighted by molar-refractivity contribution is 5.92. The topological polar surface area (TPSA) is 66.8 Å². The van der Waals surface area contributed by atoms with Crippen LogP contribution in [0.25, 0.3) is 6.08 Å². The number of carbonyl (C=O) groups is 2. The Morgan fingerprint density at radius 1 is 1.30 bits per heavy atom. The van der Waals surface area contributed by atoms with Crippen LogP contribution in [0.2, 0.25) is 0 Å². The molecule has 1 aromatic rings. The minimum atomic E-state index is -0.449. The maximum atomic E-state index is 12.5. The molecule has 1 aromatic carbocycles. The molecule has 5 heteroatoms. The van der Waals surface area contributed by atoms with Gasteiger partial charge in [-0.3, -0.25) is 9.59 Å². The number of rotatable bonds is 8. The maximum absolute atomic E-state index is 12.5. The number of aliphatic hydroxyl groups excluding tert-OH is 1. The van der Waals surface area contributed by atoms with Crippen molar-refractivity contribution >= 4 is 18.0 Å². The summed E-state index contributed by atoms with van der Waals surface area (Å²) in [7, 11) is 1.32. The van der Waals surface area contributed by atoms with Gasteiger partial charge < -0.3 is 14.7 Å². The Morgan fingerprint density at radius 3 is 2.48 bits per heavy atom. The van der Waals surface area contributed by atoms with Crippen LogP contribution >= 0.6 is 0 Å². The van der Waals surface area contributed by atoms with Crippen molar-refractivity contribution in [2.75, 3.05) is 20.3 Å². The van der Waals surface area contributed by atoms with E-state index in [1.165, 1.54) is 18.1 Å².